The summed E-state index contributed by atoms with van der Waals surface area (Å²) in [6.07, 6.45) is 1.58. The second-order valence-electron chi connectivity index (χ2n) is 4.51. The molecule has 2 aromatic carbocycles. The van der Waals surface area contributed by atoms with Crippen LogP contribution in [0.1, 0.15) is 5.69 Å². The highest BCUT2D eigenvalue weighted by Crippen LogP contribution is 2.22. The van der Waals surface area contributed by atoms with Gasteiger partial charge in [-0.2, -0.15) is 0 Å². The van der Waals surface area contributed by atoms with Gasteiger partial charge < -0.3 is 14.9 Å². The Bertz CT molecular complexity index is 738. The lowest BCUT2D eigenvalue weighted by Crippen LogP contribution is -1.96. The molecule has 0 saturated carbocycles. The highest BCUT2D eigenvalue weighted by molar-refractivity contribution is 6.30. The maximum absolute atomic E-state index is 5.95. The fraction of sp³-hybridized carbons (Fsp3) is 0.0625. The van der Waals surface area contributed by atoms with Crippen LogP contribution in [-0.2, 0) is 6.61 Å². The Morgan fingerprint density at radius 3 is 2.71 bits per heavy atom. The molecule has 106 valence electrons. The Kier molecular flexibility index (Phi) is 3.79. The van der Waals surface area contributed by atoms with E-state index in [-0.39, 0.29) is 0 Å². The molecule has 0 amide bonds. The van der Waals surface area contributed by atoms with Crippen LogP contribution in [0, 0.1) is 0 Å². The highest BCUT2D eigenvalue weighted by Gasteiger charge is 2.07. The van der Waals surface area contributed by atoms with Gasteiger partial charge >= 0.3 is 0 Å². The predicted molar refractivity (Wildman–Crippen MR) is 82.1 cm³/mol. The number of nitrogen functional groups attached to an aromatic ring is 1. The molecular formula is C16H13ClN2O2. The van der Waals surface area contributed by atoms with Gasteiger partial charge in [0.25, 0.3) is 0 Å². The van der Waals surface area contributed by atoms with Crippen molar-refractivity contribution < 1.29 is 9.15 Å². The zero-order chi connectivity index (χ0) is 14.7. The van der Waals surface area contributed by atoms with Crippen LogP contribution in [-0.4, -0.2) is 4.98 Å². The molecule has 4 nitrogen and oxygen atoms in total. The summed E-state index contributed by atoms with van der Waals surface area (Å²) in [5, 5.41) is 0.644. The second kappa shape index (κ2) is 5.89. The Morgan fingerprint density at radius 2 is 1.95 bits per heavy atom. The average Bonchev–Trinajstić information content (AvgIpc) is 2.96. The maximum atomic E-state index is 5.95. The van der Waals surface area contributed by atoms with Crippen molar-refractivity contribution in [2.75, 3.05) is 5.73 Å². The summed E-state index contributed by atoms with van der Waals surface area (Å²) in [7, 11) is 0. The summed E-state index contributed by atoms with van der Waals surface area (Å²) < 4.78 is 11.1. The van der Waals surface area contributed by atoms with Crippen molar-refractivity contribution in [3.05, 3.63) is 65.5 Å². The van der Waals surface area contributed by atoms with Gasteiger partial charge in [0, 0.05) is 16.3 Å². The van der Waals surface area contributed by atoms with Gasteiger partial charge in [0.05, 0.1) is 0 Å². The smallest absolute Gasteiger partial charge is 0.226 e. The van der Waals surface area contributed by atoms with Gasteiger partial charge in [0.2, 0.25) is 5.89 Å². The lowest BCUT2D eigenvalue weighted by Gasteiger charge is -2.03. The lowest BCUT2D eigenvalue weighted by molar-refractivity contribution is 0.301. The third kappa shape index (κ3) is 3.35. The molecule has 0 spiro atoms. The SMILES string of the molecule is Nc1ccc(OCc2coc(-c3cccc(Cl)c3)n2)cc1. The molecule has 0 radical (unpaired) electrons. The molecule has 1 aromatic heterocycles. The van der Waals surface area contributed by atoms with Gasteiger partial charge in [-0.3, -0.25) is 0 Å². The van der Waals surface area contributed by atoms with Gasteiger partial charge in [-0.25, -0.2) is 4.98 Å². The fourth-order valence-electron chi connectivity index (χ4n) is 1.85. The molecule has 0 aliphatic rings. The molecule has 3 aromatic rings. The van der Waals surface area contributed by atoms with Crippen LogP contribution in [0.15, 0.2) is 59.2 Å². The summed E-state index contributed by atoms with van der Waals surface area (Å²) in [4.78, 5) is 4.38. The van der Waals surface area contributed by atoms with Gasteiger partial charge in [-0.1, -0.05) is 17.7 Å². The third-order valence-corrected chi connectivity index (χ3v) is 3.13. The van der Waals surface area contributed by atoms with Crippen molar-refractivity contribution in [1.29, 1.82) is 0 Å². The number of benzene rings is 2. The molecule has 0 unspecified atom stereocenters. The molecular weight excluding hydrogens is 288 g/mol. The Labute approximate surface area is 127 Å². The molecule has 2 N–H and O–H groups in total. The molecule has 0 bridgehead atoms. The highest BCUT2D eigenvalue weighted by atomic mass is 35.5. The molecule has 0 aliphatic carbocycles. The van der Waals surface area contributed by atoms with Gasteiger partial charge in [0.1, 0.15) is 24.3 Å². The van der Waals surface area contributed by atoms with Crippen molar-refractivity contribution in [2.45, 2.75) is 6.61 Å². The molecule has 1 heterocycles. The van der Waals surface area contributed by atoms with Gasteiger partial charge in [-0.05, 0) is 42.5 Å². The van der Waals surface area contributed by atoms with Crippen molar-refractivity contribution in [2.24, 2.45) is 0 Å². The maximum Gasteiger partial charge on any atom is 0.226 e. The van der Waals surface area contributed by atoms with E-state index in [4.69, 9.17) is 26.5 Å². The Balaban J connectivity index is 1.69. The summed E-state index contributed by atoms with van der Waals surface area (Å²) in [5.41, 5.74) is 7.87. The first kappa shape index (κ1) is 13.5. The van der Waals surface area contributed by atoms with E-state index in [2.05, 4.69) is 4.98 Å². The number of hydrogen-bond donors (Lipinski definition) is 1. The van der Waals surface area contributed by atoms with E-state index >= 15 is 0 Å². The van der Waals surface area contributed by atoms with Gasteiger partial charge in [-0.15, -0.1) is 0 Å². The van der Waals surface area contributed by atoms with Crippen LogP contribution in [0.4, 0.5) is 5.69 Å². The summed E-state index contributed by atoms with van der Waals surface area (Å²) >= 11 is 5.95. The normalized spacial score (nSPS) is 10.5. The van der Waals surface area contributed by atoms with Crippen LogP contribution in [0.3, 0.4) is 0 Å². The summed E-state index contributed by atoms with van der Waals surface area (Å²) in [5.74, 6) is 1.25. The number of rotatable bonds is 4. The predicted octanol–water partition coefficient (Wildman–Crippen LogP) is 4.16. The first-order valence-electron chi connectivity index (χ1n) is 6.39. The first-order chi connectivity index (χ1) is 10.2. The van der Waals surface area contributed by atoms with Crippen molar-refractivity contribution in [1.82, 2.24) is 4.98 Å². The minimum absolute atomic E-state index is 0.327. The number of halogens is 1. The van der Waals surface area contributed by atoms with E-state index in [1.807, 2.05) is 24.3 Å². The summed E-state index contributed by atoms with van der Waals surface area (Å²) in [6.45, 7) is 0.327. The number of anilines is 1. The van der Waals surface area contributed by atoms with Crippen LogP contribution >= 0.6 is 11.6 Å². The van der Waals surface area contributed by atoms with E-state index in [1.165, 1.54) is 0 Å². The summed E-state index contributed by atoms with van der Waals surface area (Å²) in [6, 6.07) is 14.6. The largest absolute Gasteiger partial charge is 0.487 e. The van der Waals surface area contributed by atoms with Crippen molar-refractivity contribution >= 4 is 17.3 Å². The standard InChI is InChI=1S/C16H13ClN2O2/c17-12-3-1-2-11(8-12)16-19-14(10-21-16)9-20-15-6-4-13(18)5-7-15/h1-8,10H,9,18H2. The van der Waals surface area contributed by atoms with Gasteiger partial charge in [0.15, 0.2) is 0 Å². The molecule has 0 fully saturated rings. The number of nitrogens with zero attached hydrogens (tertiary/aromatic N) is 1. The Morgan fingerprint density at radius 1 is 1.14 bits per heavy atom. The second-order valence-corrected chi connectivity index (χ2v) is 4.95. The van der Waals surface area contributed by atoms with Crippen LogP contribution < -0.4 is 10.5 Å². The van der Waals surface area contributed by atoms with Crippen molar-refractivity contribution in [3.63, 3.8) is 0 Å². The molecule has 0 aliphatic heterocycles. The number of nitrogens with two attached hydrogens (primary N) is 1. The molecule has 0 atom stereocenters. The average molecular weight is 301 g/mol. The number of ether oxygens (including phenoxy) is 1. The number of oxazole rings is 1. The topological polar surface area (TPSA) is 61.3 Å². The molecule has 3 rings (SSSR count). The van der Waals surface area contributed by atoms with Crippen molar-refractivity contribution in [3.8, 4) is 17.2 Å². The zero-order valence-electron chi connectivity index (χ0n) is 11.1. The zero-order valence-corrected chi connectivity index (χ0v) is 11.9. The van der Waals surface area contributed by atoms with Crippen LogP contribution in [0.25, 0.3) is 11.5 Å². The van der Waals surface area contributed by atoms with E-state index in [9.17, 15) is 0 Å². The molecule has 21 heavy (non-hydrogen) atoms. The quantitative estimate of drug-likeness (QED) is 0.735. The number of hydrogen-bond acceptors (Lipinski definition) is 4. The molecule has 0 saturated heterocycles. The molecule has 5 heteroatoms. The van der Waals surface area contributed by atoms with E-state index in [1.54, 1.807) is 30.5 Å². The van der Waals surface area contributed by atoms with Crippen LogP contribution in [0.5, 0.6) is 5.75 Å². The lowest BCUT2D eigenvalue weighted by atomic mass is 10.2. The third-order valence-electron chi connectivity index (χ3n) is 2.89. The monoisotopic (exact) mass is 300 g/mol. The first-order valence-corrected chi connectivity index (χ1v) is 6.77. The number of aromatic nitrogens is 1. The van der Waals surface area contributed by atoms with E-state index in [0.29, 0.717) is 28.9 Å². The van der Waals surface area contributed by atoms with E-state index in [0.717, 1.165) is 11.3 Å². The minimum Gasteiger partial charge on any atom is -0.487 e. The Hall–Kier alpha value is -2.46. The minimum atomic E-state index is 0.327. The van der Waals surface area contributed by atoms with Crippen LogP contribution in [0.2, 0.25) is 5.02 Å². The van der Waals surface area contributed by atoms with E-state index < -0.39 is 0 Å². The fourth-order valence-corrected chi connectivity index (χ4v) is 2.04.